The van der Waals surface area contributed by atoms with Crippen LogP contribution in [0, 0.1) is 11.8 Å². The van der Waals surface area contributed by atoms with Crippen LogP contribution >= 0.6 is 0 Å². The molecule has 2 unspecified atom stereocenters. The zero-order valence-electron chi connectivity index (χ0n) is 19.1. The summed E-state index contributed by atoms with van der Waals surface area (Å²) in [5.74, 6) is -0.381. The first-order valence-electron chi connectivity index (χ1n) is 11.7. The Labute approximate surface area is 170 Å². The van der Waals surface area contributed by atoms with Crippen LogP contribution in [-0.2, 0) is 14.2 Å². The molecule has 0 aromatic heterocycles. The van der Waals surface area contributed by atoms with E-state index in [1.807, 2.05) is 0 Å². The Morgan fingerprint density at radius 3 is 1.59 bits per heavy atom. The average molecular weight is 385 g/mol. The van der Waals surface area contributed by atoms with Gasteiger partial charge in [-0.15, -0.1) is 6.58 Å². The van der Waals surface area contributed by atoms with E-state index in [0.717, 1.165) is 38.5 Å². The Kier molecular flexibility index (Phi) is 17.5. The van der Waals surface area contributed by atoms with E-state index in [-0.39, 0.29) is 5.92 Å². The fourth-order valence-electron chi connectivity index (χ4n) is 3.61. The van der Waals surface area contributed by atoms with Gasteiger partial charge in [-0.25, -0.2) is 0 Å². The van der Waals surface area contributed by atoms with Gasteiger partial charge in [-0.05, 0) is 38.0 Å². The van der Waals surface area contributed by atoms with Crippen LogP contribution in [0.4, 0.5) is 0 Å². The van der Waals surface area contributed by atoms with E-state index in [1.165, 1.54) is 32.1 Å². The number of ether oxygens (including phenoxy) is 3. The van der Waals surface area contributed by atoms with Crippen LogP contribution < -0.4 is 0 Å². The Hall–Kier alpha value is -0.380. The number of hydrogen-bond donors (Lipinski definition) is 0. The first-order chi connectivity index (χ1) is 13.2. The second-order valence-corrected chi connectivity index (χ2v) is 7.65. The molecule has 162 valence electrons. The molecule has 0 aliphatic heterocycles. The normalized spacial score (nSPS) is 14.3. The zero-order valence-corrected chi connectivity index (χ0v) is 19.1. The lowest BCUT2D eigenvalue weighted by molar-refractivity contribution is -0.410. The fourth-order valence-corrected chi connectivity index (χ4v) is 3.61. The third-order valence-electron chi connectivity index (χ3n) is 5.04. The molecule has 0 aliphatic carbocycles. The van der Waals surface area contributed by atoms with Crippen molar-refractivity contribution in [2.75, 3.05) is 19.8 Å². The average Bonchev–Trinajstić information content (AvgIpc) is 2.69. The van der Waals surface area contributed by atoms with Crippen molar-refractivity contribution in [1.82, 2.24) is 0 Å². The van der Waals surface area contributed by atoms with Gasteiger partial charge in [0.2, 0.25) is 0 Å². The molecule has 3 heteroatoms. The van der Waals surface area contributed by atoms with Crippen LogP contribution in [0.15, 0.2) is 12.7 Å². The predicted octanol–water partition coefficient (Wildman–Crippen LogP) is 7.50. The van der Waals surface area contributed by atoms with Crippen molar-refractivity contribution in [3.05, 3.63) is 12.7 Å². The number of unbranched alkanes of at least 4 members (excludes halogenated alkanes) is 4. The van der Waals surface area contributed by atoms with Crippen molar-refractivity contribution in [2.24, 2.45) is 11.8 Å². The van der Waals surface area contributed by atoms with Crippen molar-refractivity contribution in [3.8, 4) is 0 Å². The topological polar surface area (TPSA) is 27.7 Å². The van der Waals surface area contributed by atoms with Crippen LogP contribution in [0.3, 0.4) is 0 Å². The molecule has 0 radical (unpaired) electrons. The third-order valence-corrected chi connectivity index (χ3v) is 5.04. The molecule has 0 fully saturated rings. The minimum atomic E-state index is -0.930. The first kappa shape index (κ1) is 26.6. The summed E-state index contributed by atoms with van der Waals surface area (Å²) in [6.07, 6.45) is 14.7. The van der Waals surface area contributed by atoms with E-state index >= 15 is 0 Å². The summed E-state index contributed by atoms with van der Waals surface area (Å²) >= 11 is 0. The van der Waals surface area contributed by atoms with Crippen LogP contribution in [-0.4, -0.2) is 25.8 Å². The molecule has 0 bridgehead atoms. The van der Waals surface area contributed by atoms with Gasteiger partial charge in [0.05, 0.1) is 19.8 Å². The van der Waals surface area contributed by atoms with E-state index in [2.05, 4.69) is 47.3 Å². The van der Waals surface area contributed by atoms with Crippen LogP contribution in [0.2, 0.25) is 0 Å². The van der Waals surface area contributed by atoms with E-state index in [0.29, 0.717) is 25.7 Å². The maximum atomic E-state index is 6.33. The highest BCUT2D eigenvalue weighted by Gasteiger charge is 2.45. The summed E-state index contributed by atoms with van der Waals surface area (Å²) < 4.78 is 19.0. The molecule has 27 heavy (non-hydrogen) atoms. The minimum absolute atomic E-state index is 0.191. The Balaban J connectivity index is 5.38. The fraction of sp³-hybridized carbons (Fsp3) is 0.917. The second kappa shape index (κ2) is 17.7. The summed E-state index contributed by atoms with van der Waals surface area (Å²) in [6, 6.07) is 0. The molecular weight excluding hydrogens is 336 g/mol. The van der Waals surface area contributed by atoms with Gasteiger partial charge in [-0.3, -0.25) is 0 Å². The smallest absolute Gasteiger partial charge is 0.286 e. The summed E-state index contributed by atoms with van der Waals surface area (Å²) in [5.41, 5.74) is 0. The highest BCUT2D eigenvalue weighted by Crippen LogP contribution is 2.38. The van der Waals surface area contributed by atoms with Gasteiger partial charge >= 0.3 is 0 Å². The van der Waals surface area contributed by atoms with E-state index in [1.54, 1.807) is 0 Å². The van der Waals surface area contributed by atoms with Crippen molar-refractivity contribution >= 4 is 0 Å². The van der Waals surface area contributed by atoms with Gasteiger partial charge in [-0.2, -0.15) is 0 Å². The molecule has 0 N–H and O–H groups in total. The lowest BCUT2D eigenvalue weighted by Gasteiger charge is -2.42. The lowest BCUT2D eigenvalue weighted by atomic mass is 9.82. The zero-order chi connectivity index (χ0) is 20.4. The Bertz CT molecular complexity index is 308. The molecule has 0 heterocycles. The van der Waals surface area contributed by atoms with Crippen molar-refractivity contribution < 1.29 is 14.2 Å². The van der Waals surface area contributed by atoms with Crippen molar-refractivity contribution in [2.45, 2.75) is 111 Å². The molecule has 3 nitrogen and oxygen atoms in total. The number of rotatable bonds is 20. The van der Waals surface area contributed by atoms with Gasteiger partial charge in [0.25, 0.3) is 5.97 Å². The lowest BCUT2D eigenvalue weighted by Crippen LogP contribution is -2.49. The van der Waals surface area contributed by atoms with Crippen LogP contribution in [0.5, 0.6) is 0 Å². The summed E-state index contributed by atoms with van der Waals surface area (Å²) in [7, 11) is 0. The van der Waals surface area contributed by atoms with E-state index in [9.17, 15) is 0 Å². The molecule has 0 aromatic rings. The Morgan fingerprint density at radius 1 is 0.667 bits per heavy atom. The minimum Gasteiger partial charge on any atom is -0.327 e. The SMILES string of the molecule is C=CC(CCCCCCC)C(CCC)C(OCCC)(OCCC)OCCC. The predicted molar refractivity (Wildman–Crippen MR) is 117 cm³/mol. The van der Waals surface area contributed by atoms with Gasteiger partial charge in [-0.1, -0.05) is 79.2 Å². The van der Waals surface area contributed by atoms with Crippen molar-refractivity contribution in [1.29, 1.82) is 0 Å². The quantitative estimate of drug-likeness (QED) is 0.123. The number of allylic oxidation sites excluding steroid dienone is 1. The first-order valence-corrected chi connectivity index (χ1v) is 11.7. The molecule has 0 aromatic carbocycles. The van der Waals surface area contributed by atoms with Crippen LogP contribution in [0.25, 0.3) is 0 Å². The Morgan fingerprint density at radius 2 is 1.19 bits per heavy atom. The molecule has 0 saturated heterocycles. The van der Waals surface area contributed by atoms with Crippen LogP contribution in [0.1, 0.15) is 105 Å². The molecular formula is C24H48O3. The standard InChI is InChI=1S/C24H48O3/c1-7-13-14-15-16-18-22(12-6)23(17-8-2)24(25-19-9-3,26-20-10-4)27-21-11-5/h12,22-23H,6-11,13-21H2,1-5H3. The number of hydrogen-bond acceptors (Lipinski definition) is 3. The monoisotopic (exact) mass is 384 g/mol. The van der Waals surface area contributed by atoms with E-state index < -0.39 is 5.97 Å². The van der Waals surface area contributed by atoms with E-state index in [4.69, 9.17) is 14.2 Å². The second-order valence-electron chi connectivity index (χ2n) is 7.65. The maximum Gasteiger partial charge on any atom is 0.286 e. The molecule has 0 saturated carbocycles. The largest absolute Gasteiger partial charge is 0.327 e. The molecule has 0 amide bonds. The van der Waals surface area contributed by atoms with Gasteiger partial charge in [0, 0.05) is 5.92 Å². The third kappa shape index (κ3) is 10.7. The highest BCUT2D eigenvalue weighted by molar-refractivity contribution is 4.89. The molecule has 0 aliphatic rings. The highest BCUT2D eigenvalue weighted by atomic mass is 16.9. The summed E-state index contributed by atoms with van der Waals surface area (Å²) in [4.78, 5) is 0. The molecule has 0 rings (SSSR count). The maximum absolute atomic E-state index is 6.33. The summed E-state index contributed by atoms with van der Waals surface area (Å²) in [6.45, 7) is 17.1. The van der Waals surface area contributed by atoms with Gasteiger partial charge < -0.3 is 14.2 Å². The molecule has 0 spiro atoms. The summed E-state index contributed by atoms with van der Waals surface area (Å²) in [5, 5.41) is 0. The van der Waals surface area contributed by atoms with Gasteiger partial charge in [0.15, 0.2) is 0 Å². The van der Waals surface area contributed by atoms with Gasteiger partial charge in [0.1, 0.15) is 0 Å². The molecule has 2 atom stereocenters. The van der Waals surface area contributed by atoms with Crippen molar-refractivity contribution in [3.63, 3.8) is 0 Å².